The summed E-state index contributed by atoms with van der Waals surface area (Å²) >= 11 is 0. The Morgan fingerprint density at radius 2 is 2.20 bits per heavy atom. The Labute approximate surface area is 117 Å². The van der Waals surface area contributed by atoms with E-state index in [4.69, 9.17) is 0 Å². The van der Waals surface area contributed by atoms with Gasteiger partial charge in [0.2, 0.25) is 5.91 Å². The molecule has 0 bridgehead atoms. The van der Waals surface area contributed by atoms with Crippen molar-refractivity contribution in [2.75, 3.05) is 18.4 Å². The Morgan fingerprint density at radius 3 is 2.75 bits per heavy atom. The molecule has 2 heterocycles. The molecule has 0 spiro atoms. The lowest BCUT2D eigenvalue weighted by Gasteiger charge is -2.30. The van der Waals surface area contributed by atoms with E-state index in [2.05, 4.69) is 15.5 Å². The van der Waals surface area contributed by atoms with Gasteiger partial charge in [-0.1, -0.05) is 0 Å². The topological polar surface area (TPSA) is 98.3 Å². The molecule has 1 saturated heterocycles. The van der Waals surface area contributed by atoms with E-state index in [1.807, 2.05) is 6.92 Å². The number of hydrogen-bond donors (Lipinski definition) is 3. The van der Waals surface area contributed by atoms with E-state index in [9.17, 15) is 14.7 Å². The lowest BCUT2D eigenvalue weighted by molar-refractivity contribution is -0.149. The van der Waals surface area contributed by atoms with Crippen molar-refractivity contribution in [2.24, 2.45) is 0 Å². The molecule has 0 radical (unpaired) electrons. The van der Waals surface area contributed by atoms with Crippen LogP contribution in [0.15, 0.2) is 0 Å². The maximum Gasteiger partial charge on any atom is 0.323 e. The minimum atomic E-state index is -0.947. The lowest BCUT2D eigenvalue weighted by Crippen LogP contribution is -2.50. The molecule has 7 heteroatoms. The molecule has 20 heavy (non-hydrogen) atoms. The summed E-state index contributed by atoms with van der Waals surface area (Å²) in [6.07, 6.45) is 1.36. The summed E-state index contributed by atoms with van der Waals surface area (Å²) in [4.78, 5) is 25.2. The average molecular weight is 280 g/mol. The second kappa shape index (κ2) is 5.24. The number of carboxylic acids is 1. The highest BCUT2D eigenvalue weighted by Crippen LogP contribution is 2.29. The van der Waals surface area contributed by atoms with Gasteiger partial charge in [-0.3, -0.25) is 19.6 Å². The SMILES string of the molecule is Cc1n[nH]c(C)c1NC(=O)CN1CCCC1(C)C(=O)O. The van der Waals surface area contributed by atoms with Gasteiger partial charge in [-0.15, -0.1) is 0 Å². The summed E-state index contributed by atoms with van der Waals surface area (Å²) < 4.78 is 0. The zero-order valence-corrected chi connectivity index (χ0v) is 12.0. The third-order valence-electron chi connectivity index (χ3n) is 3.98. The summed E-state index contributed by atoms with van der Waals surface area (Å²) in [6.45, 7) is 6.00. The van der Waals surface area contributed by atoms with E-state index in [0.29, 0.717) is 18.7 Å². The number of nitrogens with zero attached hydrogens (tertiary/aromatic N) is 2. The van der Waals surface area contributed by atoms with Gasteiger partial charge in [-0.2, -0.15) is 5.10 Å². The zero-order chi connectivity index (χ0) is 14.9. The average Bonchev–Trinajstić information content (AvgIpc) is 2.88. The van der Waals surface area contributed by atoms with Gasteiger partial charge in [0.15, 0.2) is 0 Å². The van der Waals surface area contributed by atoms with Gasteiger partial charge in [0.25, 0.3) is 0 Å². The van der Waals surface area contributed by atoms with Crippen molar-refractivity contribution in [1.29, 1.82) is 0 Å². The van der Waals surface area contributed by atoms with Crippen LogP contribution in [0.2, 0.25) is 0 Å². The Bertz CT molecular complexity index is 520. The fraction of sp³-hybridized carbons (Fsp3) is 0.615. The summed E-state index contributed by atoms with van der Waals surface area (Å²) in [6, 6.07) is 0. The number of anilines is 1. The van der Waals surface area contributed by atoms with Crippen LogP contribution >= 0.6 is 0 Å². The standard InChI is InChI=1S/C13H20N4O3/c1-8-11(9(2)16-15-8)14-10(18)7-17-6-4-5-13(17,3)12(19)20/h4-7H2,1-3H3,(H,14,18)(H,15,16)(H,19,20). The van der Waals surface area contributed by atoms with Crippen LogP contribution in [-0.2, 0) is 9.59 Å². The van der Waals surface area contributed by atoms with Gasteiger partial charge >= 0.3 is 5.97 Å². The first-order chi connectivity index (χ1) is 9.34. The smallest absolute Gasteiger partial charge is 0.323 e. The third-order valence-corrected chi connectivity index (χ3v) is 3.98. The first-order valence-electron chi connectivity index (χ1n) is 6.64. The van der Waals surface area contributed by atoms with E-state index in [1.54, 1.807) is 18.7 Å². The van der Waals surface area contributed by atoms with Crippen molar-refractivity contribution >= 4 is 17.6 Å². The number of carboxylic acid groups (broad SMARTS) is 1. The number of rotatable bonds is 4. The molecule has 110 valence electrons. The van der Waals surface area contributed by atoms with Gasteiger partial charge < -0.3 is 10.4 Å². The number of carbonyl (C=O) groups is 2. The largest absolute Gasteiger partial charge is 0.480 e. The van der Waals surface area contributed by atoms with Crippen LogP contribution in [-0.4, -0.2) is 50.7 Å². The minimum absolute atomic E-state index is 0.0763. The molecule has 1 atom stereocenters. The normalized spacial score (nSPS) is 22.9. The number of aromatic nitrogens is 2. The fourth-order valence-corrected chi connectivity index (χ4v) is 2.60. The molecular weight excluding hydrogens is 260 g/mol. The molecule has 7 nitrogen and oxygen atoms in total. The van der Waals surface area contributed by atoms with Crippen molar-refractivity contribution in [2.45, 2.75) is 39.2 Å². The van der Waals surface area contributed by atoms with Gasteiger partial charge in [-0.05, 0) is 40.2 Å². The van der Waals surface area contributed by atoms with Crippen LogP contribution in [0, 0.1) is 13.8 Å². The summed E-state index contributed by atoms with van der Waals surface area (Å²) in [5.74, 6) is -1.09. The Morgan fingerprint density at radius 1 is 1.50 bits per heavy atom. The summed E-state index contributed by atoms with van der Waals surface area (Å²) in [5, 5.41) is 18.9. The molecule has 1 aromatic rings. The maximum atomic E-state index is 12.1. The van der Waals surface area contributed by atoms with E-state index >= 15 is 0 Å². The number of H-pyrrole nitrogens is 1. The minimum Gasteiger partial charge on any atom is -0.480 e. The predicted octanol–water partition coefficient (Wildman–Crippen LogP) is 0.904. The van der Waals surface area contributed by atoms with E-state index in [-0.39, 0.29) is 12.5 Å². The molecule has 1 amide bonds. The van der Waals surface area contributed by atoms with E-state index < -0.39 is 11.5 Å². The lowest BCUT2D eigenvalue weighted by atomic mass is 9.99. The first-order valence-corrected chi connectivity index (χ1v) is 6.64. The Hall–Kier alpha value is -1.89. The predicted molar refractivity (Wildman–Crippen MR) is 73.5 cm³/mol. The van der Waals surface area contributed by atoms with Crippen molar-refractivity contribution in [3.8, 4) is 0 Å². The molecule has 1 aliphatic heterocycles. The van der Waals surface area contributed by atoms with Gasteiger partial charge in [0.1, 0.15) is 5.54 Å². The summed E-state index contributed by atoms with van der Waals surface area (Å²) in [5.41, 5.74) is 1.24. The van der Waals surface area contributed by atoms with Crippen LogP contribution in [0.1, 0.15) is 31.2 Å². The maximum absolute atomic E-state index is 12.1. The van der Waals surface area contributed by atoms with Gasteiger partial charge in [0.05, 0.1) is 23.6 Å². The van der Waals surface area contributed by atoms with Crippen molar-refractivity contribution in [3.05, 3.63) is 11.4 Å². The van der Waals surface area contributed by atoms with Gasteiger partial charge in [-0.25, -0.2) is 0 Å². The number of aryl methyl sites for hydroxylation is 2. The number of nitrogens with one attached hydrogen (secondary N) is 2. The summed E-state index contributed by atoms with van der Waals surface area (Å²) in [7, 11) is 0. The van der Waals surface area contributed by atoms with Crippen molar-refractivity contribution in [3.63, 3.8) is 0 Å². The number of aromatic amines is 1. The molecule has 1 aliphatic rings. The number of aliphatic carboxylic acids is 1. The molecule has 3 N–H and O–H groups in total. The highest BCUT2D eigenvalue weighted by atomic mass is 16.4. The van der Waals surface area contributed by atoms with Gasteiger partial charge in [0, 0.05) is 0 Å². The zero-order valence-electron chi connectivity index (χ0n) is 12.0. The molecule has 2 rings (SSSR count). The third kappa shape index (κ3) is 2.53. The molecule has 1 unspecified atom stereocenters. The monoisotopic (exact) mass is 280 g/mol. The number of carbonyl (C=O) groups excluding carboxylic acids is 1. The number of amides is 1. The van der Waals surface area contributed by atoms with Crippen LogP contribution in [0.25, 0.3) is 0 Å². The Kier molecular flexibility index (Phi) is 3.80. The second-order valence-corrected chi connectivity index (χ2v) is 5.46. The highest BCUT2D eigenvalue weighted by Gasteiger charge is 2.43. The molecule has 1 fully saturated rings. The van der Waals surface area contributed by atoms with Crippen molar-refractivity contribution < 1.29 is 14.7 Å². The molecule has 1 aromatic heterocycles. The van der Waals surface area contributed by atoms with E-state index in [1.165, 1.54) is 0 Å². The molecule has 0 aromatic carbocycles. The molecule has 0 saturated carbocycles. The van der Waals surface area contributed by atoms with Crippen LogP contribution in [0.3, 0.4) is 0 Å². The number of hydrogen-bond acceptors (Lipinski definition) is 4. The van der Waals surface area contributed by atoms with Crippen LogP contribution in [0.5, 0.6) is 0 Å². The van der Waals surface area contributed by atoms with Crippen LogP contribution < -0.4 is 5.32 Å². The second-order valence-electron chi connectivity index (χ2n) is 5.46. The fourth-order valence-electron chi connectivity index (χ4n) is 2.60. The number of likely N-dealkylation sites (tertiary alicyclic amines) is 1. The molecular formula is C13H20N4O3. The Balaban J connectivity index is 2.03. The van der Waals surface area contributed by atoms with E-state index in [0.717, 1.165) is 17.8 Å². The quantitative estimate of drug-likeness (QED) is 0.761. The molecule has 0 aliphatic carbocycles. The highest BCUT2D eigenvalue weighted by molar-refractivity contribution is 5.94. The van der Waals surface area contributed by atoms with Crippen LogP contribution in [0.4, 0.5) is 5.69 Å². The van der Waals surface area contributed by atoms with Crippen molar-refractivity contribution in [1.82, 2.24) is 15.1 Å². The first kappa shape index (κ1) is 14.5.